The van der Waals surface area contributed by atoms with Gasteiger partial charge >= 0.3 is 6.09 Å². The largest absolute Gasteiger partial charge is 0.444 e. The minimum Gasteiger partial charge on any atom is -0.444 e. The van der Waals surface area contributed by atoms with E-state index in [2.05, 4.69) is 0 Å². The summed E-state index contributed by atoms with van der Waals surface area (Å²) >= 11 is 0. The van der Waals surface area contributed by atoms with Crippen LogP contribution in [-0.2, 0) is 20.5 Å². The van der Waals surface area contributed by atoms with Gasteiger partial charge in [-0.3, -0.25) is 0 Å². The number of likely N-dealkylation sites (N-methyl/N-ethyl adjacent to an activating group) is 1. The summed E-state index contributed by atoms with van der Waals surface area (Å²) < 4.78 is 32.6. The lowest BCUT2D eigenvalue weighted by Gasteiger charge is -2.37. The normalized spacial score (nSPS) is 19.2. The Morgan fingerprint density at radius 2 is 2.04 bits per heavy atom. The van der Waals surface area contributed by atoms with E-state index < -0.39 is 21.7 Å². The number of amides is 1. The van der Waals surface area contributed by atoms with Gasteiger partial charge in [-0.1, -0.05) is 29.8 Å². The standard InChI is InChI=1S/C19H30N2O4S/c1-15-8-6-9-16(12-15)14-26(23,24)21-11-7-10-17(13-21)20(5)18(22)25-19(2,3)4/h6,8-9,12,17H,7,10-11,13-14H2,1-5H3/t17-/m0/s1. The van der Waals surface area contributed by atoms with Crippen LogP contribution in [0.2, 0.25) is 0 Å². The van der Waals surface area contributed by atoms with E-state index >= 15 is 0 Å². The zero-order valence-corrected chi connectivity index (χ0v) is 17.2. The van der Waals surface area contributed by atoms with Crippen molar-refractivity contribution in [3.8, 4) is 0 Å². The molecule has 0 aliphatic carbocycles. The van der Waals surface area contributed by atoms with Gasteiger partial charge in [0.2, 0.25) is 10.0 Å². The molecular formula is C19H30N2O4S. The molecule has 1 aromatic carbocycles. The fourth-order valence-corrected chi connectivity index (χ4v) is 4.67. The molecule has 0 unspecified atom stereocenters. The number of benzene rings is 1. The lowest BCUT2D eigenvalue weighted by atomic mass is 10.1. The van der Waals surface area contributed by atoms with Crippen LogP contribution < -0.4 is 0 Å². The number of hydrogen-bond acceptors (Lipinski definition) is 4. The number of piperidine rings is 1. The maximum Gasteiger partial charge on any atom is 0.410 e. The first-order valence-electron chi connectivity index (χ1n) is 8.97. The van der Waals surface area contributed by atoms with E-state index in [4.69, 9.17) is 4.74 Å². The summed E-state index contributed by atoms with van der Waals surface area (Å²) in [5.41, 5.74) is 1.25. The van der Waals surface area contributed by atoms with E-state index in [9.17, 15) is 13.2 Å². The van der Waals surface area contributed by atoms with Gasteiger partial charge < -0.3 is 9.64 Å². The van der Waals surface area contributed by atoms with Crippen molar-refractivity contribution in [2.75, 3.05) is 20.1 Å². The van der Waals surface area contributed by atoms with Gasteiger partial charge in [-0.25, -0.2) is 13.2 Å². The topological polar surface area (TPSA) is 66.9 Å². The minimum atomic E-state index is -3.43. The molecule has 1 amide bonds. The lowest BCUT2D eigenvalue weighted by molar-refractivity contribution is 0.0173. The fourth-order valence-electron chi connectivity index (χ4n) is 3.08. The first-order valence-corrected chi connectivity index (χ1v) is 10.6. The first kappa shape index (κ1) is 20.7. The molecule has 1 aromatic rings. The van der Waals surface area contributed by atoms with Gasteiger partial charge in [0.05, 0.1) is 5.75 Å². The summed E-state index contributed by atoms with van der Waals surface area (Å²) in [6.45, 7) is 8.20. The summed E-state index contributed by atoms with van der Waals surface area (Å²) in [6.07, 6.45) is 1.08. The van der Waals surface area contributed by atoms with Crippen LogP contribution in [-0.4, -0.2) is 55.5 Å². The molecule has 146 valence electrons. The number of rotatable bonds is 4. The van der Waals surface area contributed by atoms with E-state index in [-0.39, 0.29) is 11.8 Å². The lowest BCUT2D eigenvalue weighted by Crippen LogP contribution is -2.51. The second kappa shape index (κ2) is 7.96. The Balaban J connectivity index is 2.05. The summed E-state index contributed by atoms with van der Waals surface area (Å²) in [5, 5.41) is 0. The maximum atomic E-state index is 12.8. The highest BCUT2D eigenvalue weighted by Gasteiger charge is 2.33. The molecule has 1 fully saturated rings. The first-order chi connectivity index (χ1) is 12.0. The molecule has 7 heteroatoms. The molecule has 1 heterocycles. The van der Waals surface area contributed by atoms with Gasteiger partial charge in [0.15, 0.2) is 0 Å². The molecule has 0 spiro atoms. The van der Waals surface area contributed by atoms with Crippen molar-refractivity contribution in [1.29, 1.82) is 0 Å². The monoisotopic (exact) mass is 382 g/mol. The molecular weight excluding hydrogens is 352 g/mol. The fraction of sp³-hybridized carbons (Fsp3) is 0.632. The minimum absolute atomic E-state index is 0.0163. The van der Waals surface area contributed by atoms with Crippen molar-refractivity contribution in [2.24, 2.45) is 0 Å². The van der Waals surface area contributed by atoms with Crippen molar-refractivity contribution >= 4 is 16.1 Å². The predicted octanol–water partition coefficient (Wildman–Crippen LogP) is 3.16. The van der Waals surface area contributed by atoms with E-state index in [0.717, 1.165) is 24.0 Å². The molecule has 0 radical (unpaired) electrons. The van der Waals surface area contributed by atoms with E-state index in [1.165, 1.54) is 9.21 Å². The molecule has 1 aliphatic heterocycles. The van der Waals surface area contributed by atoms with Crippen molar-refractivity contribution in [3.05, 3.63) is 35.4 Å². The molecule has 1 aliphatic rings. The molecule has 1 saturated heterocycles. The number of sulfonamides is 1. The highest BCUT2D eigenvalue weighted by atomic mass is 32.2. The Hall–Kier alpha value is -1.60. The van der Waals surface area contributed by atoms with Crippen molar-refractivity contribution < 1.29 is 17.9 Å². The number of nitrogens with zero attached hydrogens (tertiary/aromatic N) is 2. The molecule has 2 rings (SSSR count). The van der Waals surface area contributed by atoms with Crippen LogP contribution in [0, 0.1) is 6.92 Å². The molecule has 0 N–H and O–H groups in total. The van der Waals surface area contributed by atoms with Gasteiger partial charge in [-0.05, 0) is 46.1 Å². The Labute approximate surface area is 157 Å². The summed E-state index contributed by atoms with van der Waals surface area (Å²) in [7, 11) is -1.75. The van der Waals surface area contributed by atoms with E-state index in [0.29, 0.717) is 13.1 Å². The third-order valence-corrected chi connectivity index (χ3v) is 6.23. The van der Waals surface area contributed by atoms with Crippen LogP contribution >= 0.6 is 0 Å². The second-order valence-electron chi connectivity index (χ2n) is 7.99. The van der Waals surface area contributed by atoms with E-state index in [1.807, 2.05) is 52.0 Å². The van der Waals surface area contributed by atoms with Crippen molar-refractivity contribution in [2.45, 2.75) is 57.9 Å². The molecule has 0 saturated carbocycles. The Bertz CT molecular complexity index is 740. The van der Waals surface area contributed by atoms with Crippen LogP contribution in [0.15, 0.2) is 24.3 Å². The third-order valence-electron chi connectivity index (χ3n) is 4.41. The van der Waals surface area contributed by atoms with E-state index in [1.54, 1.807) is 7.05 Å². The average Bonchev–Trinajstić information content (AvgIpc) is 2.52. The smallest absolute Gasteiger partial charge is 0.410 e. The Kier molecular flexibility index (Phi) is 6.34. The summed E-state index contributed by atoms with van der Waals surface area (Å²) in [4.78, 5) is 13.8. The van der Waals surface area contributed by atoms with Gasteiger partial charge in [-0.15, -0.1) is 0 Å². The zero-order valence-electron chi connectivity index (χ0n) is 16.4. The van der Waals surface area contributed by atoms with Crippen LogP contribution in [0.3, 0.4) is 0 Å². The molecule has 26 heavy (non-hydrogen) atoms. The van der Waals surface area contributed by atoms with Gasteiger partial charge in [0.1, 0.15) is 5.60 Å². The maximum absolute atomic E-state index is 12.8. The third kappa shape index (κ3) is 5.71. The number of carbonyl (C=O) groups is 1. The number of carbonyl (C=O) groups excluding carboxylic acids is 1. The molecule has 0 aromatic heterocycles. The van der Waals surface area contributed by atoms with Crippen molar-refractivity contribution in [3.63, 3.8) is 0 Å². The number of ether oxygens (including phenoxy) is 1. The quantitative estimate of drug-likeness (QED) is 0.802. The average molecular weight is 383 g/mol. The van der Waals surface area contributed by atoms with Gasteiger partial charge in [-0.2, -0.15) is 4.31 Å². The van der Waals surface area contributed by atoms with Crippen LogP contribution in [0.1, 0.15) is 44.7 Å². The van der Waals surface area contributed by atoms with Gasteiger partial charge in [0, 0.05) is 26.2 Å². The predicted molar refractivity (Wildman–Crippen MR) is 102 cm³/mol. The molecule has 0 bridgehead atoms. The van der Waals surface area contributed by atoms with Crippen LogP contribution in [0.4, 0.5) is 4.79 Å². The highest BCUT2D eigenvalue weighted by Crippen LogP contribution is 2.22. The summed E-state index contributed by atoms with van der Waals surface area (Å²) in [5.74, 6) is -0.0163. The molecule has 1 atom stereocenters. The van der Waals surface area contributed by atoms with Crippen LogP contribution in [0.25, 0.3) is 0 Å². The SMILES string of the molecule is Cc1cccc(CS(=O)(=O)N2CCC[C@H](N(C)C(=O)OC(C)(C)C)C2)c1. The van der Waals surface area contributed by atoms with Crippen LogP contribution in [0.5, 0.6) is 0 Å². The molecule has 6 nitrogen and oxygen atoms in total. The summed E-state index contributed by atoms with van der Waals surface area (Å²) in [6, 6.07) is 7.37. The number of hydrogen-bond donors (Lipinski definition) is 0. The zero-order chi connectivity index (χ0) is 19.5. The number of aryl methyl sites for hydroxylation is 1. The Morgan fingerprint density at radius 3 is 2.65 bits per heavy atom. The highest BCUT2D eigenvalue weighted by molar-refractivity contribution is 7.88. The second-order valence-corrected chi connectivity index (χ2v) is 9.96. The van der Waals surface area contributed by atoms with Gasteiger partial charge in [0.25, 0.3) is 0 Å². The van der Waals surface area contributed by atoms with Crippen molar-refractivity contribution in [1.82, 2.24) is 9.21 Å². The Morgan fingerprint density at radius 1 is 1.35 bits per heavy atom.